The molecule has 0 aliphatic carbocycles. The lowest BCUT2D eigenvalue weighted by Crippen LogP contribution is -2.49. The van der Waals surface area contributed by atoms with Crippen LogP contribution in [0.15, 0.2) is 18.2 Å². The minimum Gasteiger partial charge on any atom is -0.490 e. The van der Waals surface area contributed by atoms with Crippen molar-refractivity contribution in [3.8, 4) is 11.5 Å². The number of anilines is 1. The quantitative estimate of drug-likeness (QED) is 0.603. The highest BCUT2D eigenvalue weighted by molar-refractivity contribution is 5.97. The van der Waals surface area contributed by atoms with E-state index < -0.39 is 12.1 Å². The summed E-state index contributed by atoms with van der Waals surface area (Å²) in [5.74, 6) is 0.786. The predicted molar refractivity (Wildman–Crippen MR) is 98.0 cm³/mol. The van der Waals surface area contributed by atoms with E-state index in [9.17, 15) is 9.59 Å². The lowest BCUT2D eigenvalue weighted by atomic mass is 10.0. The first kappa shape index (κ1) is 20.6. The average molecular weight is 351 g/mol. The molecule has 1 atom stereocenters. The molecule has 0 radical (unpaired) electrons. The van der Waals surface area contributed by atoms with Crippen molar-refractivity contribution in [1.82, 2.24) is 5.32 Å². The van der Waals surface area contributed by atoms with E-state index in [-0.39, 0.29) is 11.8 Å². The molecule has 7 heteroatoms. The van der Waals surface area contributed by atoms with Gasteiger partial charge in [-0.2, -0.15) is 0 Å². The zero-order valence-corrected chi connectivity index (χ0v) is 15.4. The maximum absolute atomic E-state index is 12.4. The first-order chi connectivity index (χ1) is 11.9. The van der Waals surface area contributed by atoms with Gasteiger partial charge in [0.15, 0.2) is 11.5 Å². The van der Waals surface area contributed by atoms with Gasteiger partial charge < -0.3 is 25.8 Å². The largest absolute Gasteiger partial charge is 0.490 e. The van der Waals surface area contributed by atoms with Gasteiger partial charge in [0.05, 0.1) is 13.2 Å². The Labute approximate surface area is 149 Å². The third-order valence-electron chi connectivity index (χ3n) is 3.38. The van der Waals surface area contributed by atoms with E-state index >= 15 is 0 Å². The van der Waals surface area contributed by atoms with Crippen LogP contribution in [0.5, 0.6) is 11.5 Å². The maximum Gasteiger partial charge on any atom is 0.312 e. The highest BCUT2D eigenvalue weighted by Gasteiger charge is 2.23. The second kappa shape index (κ2) is 10.4. The third kappa shape index (κ3) is 6.91. The Bertz CT molecular complexity index is 575. The molecule has 7 nitrogen and oxygen atoms in total. The van der Waals surface area contributed by atoms with Crippen molar-refractivity contribution < 1.29 is 19.1 Å². The van der Waals surface area contributed by atoms with Crippen LogP contribution in [0.1, 0.15) is 40.5 Å². The molecule has 0 saturated heterocycles. The molecule has 140 valence electrons. The van der Waals surface area contributed by atoms with Crippen molar-refractivity contribution in [2.24, 2.45) is 11.7 Å². The summed E-state index contributed by atoms with van der Waals surface area (Å²) in [5, 5.41) is 5.24. The number of hydrogen-bond donors (Lipinski definition) is 3. The van der Waals surface area contributed by atoms with Crippen LogP contribution in [0, 0.1) is 5.92 Å². The minimum absolute atomic E-state index is 0.101. The molecule has 1 aromatic rings. The molecule has 0 bridgehead atoms. The third-order valence-corrected chi connectivity index (χ3v) is 3.38. The Morgan fingerprint density at radius 3 is 2.20 bits per heavy atom. The van der Waals surface area contributed by atoms with Gasteiger partial charge >= 0.3 is 6.03 Å². The highest BCUT2D eigenvalue weighted by Crippen LogP contribution is 2.31. The molecule has 0 unspecified atom stereocenters. The van der Waals surface area contributed by atoms with Gasteiger partial charge in [0, 0.05) is 11.8 Å². The van der Waals surface area contributed by atoms with E-state index in [0.29, 0.717) is 30.4 Å². The maximum atomic E-state index is 12.4. The van der Waals surface area contributed by atoms with E-state index in [1.54, 1.807) is 18.2 Å². The highest BCUT2D eigenvalue weighted by atomic mass is 16.5. The van der Waals surface area contributed by atoms with Crippen molar-refractivity contribution >= 4 is 17.6 Å². The van der Waals surface area contributed by atoms with E-state index in [1.807, 2.05) is 27.7 Å². The number of carbonyl (C=O) groups excluding carboxylic acids is 2. The van der Waals surface area contributed by atoms with Crippen LogP contribution in [0.25, 0.3) is 0 Å². The molecule has 0 heterocycles. The lowest BCUT2D eigenvalue weighted by molar-refractivity contribution is -0.118. The van der Waals surface area contributed by atoms with Crippen LogP contribution >= 0.6 is 0 Å². The van der Waals surface area contributed by atoms with Crippen molar-refractivity contribution in [2.45, 2.75) is 46.6 Å². The molecule has 0 aliphatic heterocycles. The van der Waals surface area contributed by atoms with Gasteiger partial charge in [-0.3, -0.25) is 4.79 Å². The van der Waals surface area contributed by atoms with Gasteiger partial charge in [-0.15, -0.1) is 0 Å². The van der Waals surface area contributed by atoms with Gasteiger partial charge in [0.1, 0.15) is 6.04 Å². The van der Waals surface area contributed by atoms with Crippen molar-refractivity contribution in [3.63, 3.8) is 0 Å². The molecule has 1 aromatic carbocycles. The van der Waals surface area contributed by atoms with Crippen molar-refractivity contribution in [3.05, 3.63) is 18.2 Å². The van der Waals surface area contributed by atoms with Crippen LogP contribution in [0.2, 0.25) is 0 Å². The molecule has 1 rings (SSSR count). The monoisotopic (exact) mass is 351 g/mol. The fraction of sp³-hybridized carbons (Fsp3) is 0.556. The summed E-state index contributed by atoms with van der Waals surface area (Å²) in [6.07, 6.45) is 1.75. The summed E-state index contributed by atoms with van der Waals surface area (Å²) in [5.41, 5.74) is 5.71. The summed E-state index contributed by atoms with van der Waals surface area (Å²) in [6.45, 7) is 8.85. The summed E-state index contributed by atoms with van der Waals surface area (Å²) < 4.78 is 11.4. The smallest absolute Gasteiger partial charge is 0.312 e. The van der Waals surface area contributed by atoms with Crippen LogP contribution in [0.3, 0.4) is 0 Å². The van der Waals surface area contributed by atoms with Crippen LogP contribution < -0.4 is 25.8 Å². The Balaban J connectivity index is 2.92. The van der Waals surface area contributed by atoms with Gasteiger partial charge in [0.2, 0.25) is 5.91 Å². The fourth-order valence-electron chi connectivity index (χ4n) is 2.15. The molecule has 0 fully saturated rings. The zero-order chi connectivity index (χ0) is 18.8. The number of ether oxygens (including phenoxy) is 2. The van der Waals surface area contributed by atoms with E-state index in [0.717, 1.165) is 12.8 Å². The number of hydrogen-bond acceptors (Lipinski definition) is 4. The molecule has 25 heavy (non-hydrogen) atoms. The molecular formula is C18H29N3O4. The number of rotatable bonds is 10. The lowest BCUT2D eigenvalue weighted by Gasteiger charge is -2.21. The minimum atomic E-state index is -0.732. The molecule has 0 saturated carbocycles. The van der Waals surface area contributed by atoms with Gasteiger partial charge in [-0.25, -0.2) is 4.79 Å². The number of carbonyl (C=O) groups is 2. The fourth-order valence-corrected chi connectivity index (χ4v) is 2.15. The normalized spacial score (nSPS) is 11.7. The Morgan fingerprint density at radius 1 is 1.08 bits per heavy atom. The van der Waals surface area contributed by atoms with Gasteiger partial charge in [-0.1, -0.05) is 27.7 Å². The summed E-state index contributed by atoms with van der Waals surface area (Å²) >= 11 is 0. The van der Waals surface area contributed by atoms with Crippen LogP contribution in [0.4, 0.5) is 10.5 Å². The first-order valence-electron chi connectivity index (χ1n) is 8.65. The Morgan fingerprint density at radius 2 is 1.68 bits per heavy atom. The van der Waals surface area contributed by atoms with E-state index in [1.165, 1.54) is 0 Å². The van der Waals surface area contributed by atoms with E-state index in [2.05, 4.69) is 10.6 Å². The summed E-state index contributed by atoms with van der Waals surface area (Å²) in [4.78, 5) is 23.5. The topological polar surface area (TPSA) is 103 Å². The van der Waals surface area contributed by atoms with Crippen LogP contribution in [-0.4, -0.2) is 31.2 Å². The second-order valence-electron chi connectivity index (χ2n) is 6.08. The van der Waals surface area contributed by atoms with Crippen molar-refractivity contribution in [2.75, 3.05) is 18.5 Å². The van der Waals surface area contributed by atoms with Crippen molar-refractivity contribution in [1.29, 1.82) is 0 Å². The zero-order valence-electron chi connectivity index (χ0n) is 15.4. The first-order valence-corrected chi connectivity index (χ1v) is 8.65. The Kier molecular flexibility index (Phi) is 8.60. The van der Waals surface area contributed by atoms with E-state index in [4.69, 9.17) is 15.2 Å². The summed E-state index contributed by atoms with van der Waals surface area (Å²) in [6, 6.07) is 3.78. The molecule has 0 aromatic heterocycles. The predicted octanol–water partition coefficient (Wildman–Crippen LogP) is 2.90. The number of nitrogens with two attached hydrogens (primary N) is 1. The average Bonchev–Trinajstić information content (AvgIpc) is 2.56. The SMILES string of the molecule is CCCOc1ccc(NC(=O)[C@@H](NC(N)=O)C(C)C)cc1OCCC. The van der Waals surface area contributed by atoms with Gasteiger partial charge in [0.25, 0.3) is 0 Å². The number of primary amides is 1. The second-order valence-corrected chi connectivity index (χ2v) is 6.08. The molecule has 3 amide bonds. The Hall–Kier alpha value is -2.44. The molecule has 0 aliphatic rings. The standard InChI is InChI=1S/C18H29N3O4/c1-5-9-24-14-8-7-13(11-15(14)25-10-6-2)20-17(22)16(12(3)4)21-18(19)23/h7-8,11-12,16H,5-6,9-10H2,1-4H3,(H,20,22)(H3,19,21,23)/t16-/m0/s1. The molecule has 4 N–H and O–H groups in total. The number of urea groups is 1. The summed E-state index contributed by atoms with van der Waals surface area (Å²) in [7, 11) is 0. The number of amides is 3. The number of benzene rings is 1. The van der Waals surface area contributed by atoms with Crippen LogP contribution in [-0.2, 0) is 4.79 Å². The molecular weight excluding hydrogens is 322 g/mol. The van der Waals surface area contributed by atoms with Gasteiger partial charge in [-0.05, 0) is 30.9 Å². The molecule has 0 spiro atoms. The number of nitrogens with one attached hydrogen (secondary N) is 2.